The van der Waals surface area contributed by atoms with Gasteiger partial charge in [-0.05, 0) is 31.2 Å². The maximum atomic E-state index is 12.1. The van der Waals surface area contributed by atoms with Gasteiger partial charge in [-0.25, -0.2) is 0 Å². The van der Waals surface area contributed by atoms with E-state index in [1.165, 1.54) is 7.05 Å². The Morgan fingerprint density at radius 1 is 1.26 bits per heavy atom. The molecule has 0 aliphatic rings. The van der Waals surface area contributed by atoms with E-state index in [9.17, 15) is 13.2 Å². The summed E-state index contributed by atoms with van der Waals surface area (Å²) in [6.07, 6.45) is -5.29. The summed E-state index contributed by atoms with van der Waals surface area (Å²) in [6.45, 7) is 2.01. The van der Waals surface area contributed by atoms with Crippen molar-refractivity contribution in [3.8, 4) is 5.75 Å². The van der Waals surface area contributed by atoms with Crippen molar-refractivity contribution in [2.24, 2.45) is 4.99 Å². The Kier molecular flexibility index (Phi) is 10.4. The number of hydrogen-bond acceptors (Lipinski definition) is 2. The van der Waals surface area contributed by atoms with Crippen LogP contribution in [0.15, 0.2) is 29.3 Å². The van der Waals surface area contributed by atoms with Gasteiger partial charge in [-0.15, -0.1) is 24.0 Å². The maximum absolute atomic E-state index is 12.1. The summed E-state index contributed by atoms with van der Waals surface area (Å²) in [4.78, 5) is 3.85. The first kappa shape index (κ1) is 22.1. The second-order valence-electron chi connectivity index (χ2n) is 4.63. The van der Waals surface area contributed by atoms with Crippen LogP contribution < -0.4 is 15.4 Å². The lowest BCUT2D eigenvalue weighted by Gasteiger charge is -2.18. The van der Waals surface area contributed by atoms with E-state index in [1.807, 2.05) is 6.92 Å². The van der Waals surface area contributed by atoms with Gasteiger partial charge in [0.15, 0.2) is 5.96 Å². The number of aliphatic imine (C=N–C) groups is 1. The molecule has 0 bridgehead atoms. The molecule has 0 radical (unpaired) electrons. The van der Waals surface area contributed by atoms with Gasteiger partial charge < -0.3 is 15.4 Å². The molecular weight excluding hydrogens is 446 g/mol. The van der Waals surface area contributed by atoms with Crippen LogP contribution in [0.2, 0.25) is 5.02 Å². The molecule has 1 aromatic rings. The van der Waals surface area contributed by atoms with Gasteiger partial charge in [-0.1, -0.05) is 11.6 Å². The molecule has 23 heavy (non-hydrogen) atoms. The van der Waals surface area contributed by atoms with Crippen molar-refractivity contribution in [2.75, 3.05) is 20.1 Å². The molecule has 0 saturated heterocycles. The number of benzene rings is 1. The van der Waals surface area contributed by atoms with Crippen molar-refractivity contribution < 1.29 is 17.9 Å². The second-order valence-corrected chi connectivity index (χ2v) is 5.06. The minimum Gasteiger partial charge on any atom is -0.489 e. The van der Waals surface area contributed by atoms with Gasteiger partial charge in [-0.3, -0.25) is 4.99 Å². The number of hydrogen-bond donors (Lipinski definition) is 2. The Bertz CT molecular complexity index is 483. The summed E-state index contributed by atoms with van der Waals surface area (Å²) in [6, 6.07) is 6.92. The van der Waals surface area contributed by atoms with Crippen LogP contribution in [0.5, 0.6) is 5.75 Å². The standard InChI is InChI=1S/C14H19ClF3N3O.HI/c1-10(22-12-5-3-11(15)4-6-12)9-21-13(19-2)20-8-7-14(16,17)18;/h3-6,10H,7-9H2,1-2H3,(H2,19,20,21);1H. The van der Waals surface area contributed by atoms with Crippen molar-refractivity contribution >= 4 is 41.5 Å². The van der Waals surface area contributed by atoms with E-state index in [2.05, 4.69) is 15.6 Å². The Labute approximate surface area is 155 Å². The fourth-order valence-corrected chi connectivity index (χ4v) is 1.70. The quantitative estimate of drug-likeness (QED) is 0.381. The summed E-state index contributed by atoms with van der Waals surface area (Å²) in [5, 5.41) is 6.12. The number of ether oxygens (including phenoxy) is 1. The molecule has 0 aliphatic heterocycles. The van der Waals surface area contributed by atoms with Crippen LogP contribution in [0.25, 0.3) is 0 Å². The number of halogens is 5. The van der Waals surface area contributed by atoms with Gasteiger partial charge in [0.25, 0.3) is 0 Å². The topological polar surface area (TPSA) is 45.7 Å². The summed E-state index contributed by atoms with van der Waals surface area (Å²) in [7, 11) is 1.49. The van der Waals surface area contributed by atoms with Crippen molar-refractivity contribution in [3.05, 3.63) is 29.3 Å². The third kappa shape index (κ3) is 10.5. The maximum Gasteiger partial charge on any atom is 0.390 e. The normalized spacial score (nSPS) is 13.0. The highest BCUT2D eigenvalue weighted by atomic mass is 127. The van der Waals surface area contributed by atoms with Crippen LogP contribution in [0, 0.1) is 0 Å². The van der Waals surface area contributed by atoms with Gasteiger partial charge in [0, 0.05) is 18.6 Å². The fourth-order valence-electron chi connectivity index (χ4n) is 1.57. The monoisotopic (exact) mass is 465 g/mol. The molecule has 0 aromatic heterocycles. The molecule has 2 N–H and O–H groups in total. The average Bonchev–Trinajstić information content (AvgIpc) is 2.44. The molecule has 0 fully saturated rings. The second kappa shape index (κ2) is 10.8. The van der Waals surface area contributed by atoms with Gasteiger partial charge >= 0.3 is 6.18 Å². The summed E-state index contributed by atoms with van der Waals surface area (Å²) < 4.78 is 41.8. The third-order valence-corrected chi connectivity index (χ3v) is 2.88. The Hall–Kier alpha value is -0.900. The predicted molar refractivity (Wildman–Crippen MR) is 97.0 cm³/mol. The molecule has 0 aliphatic carbocycles. The molecule has 1 rings (SSSR count). The van der Waals surface area contributed by atoms with Gasteiger partial charge in [0.2, 0.25) is 0 Å². The first-order chi connectivity index (χ1) is 10.3. The SMILES string of the molecule is CN=C(NCCC(F)(F)F)NCC(C)Oc1ccc(Cl)cc1.I. The molecule has 1 aromatic carbocycles. The molecule has 1 atom stereocenters. The Balaban J connectivity index is 0.00000484. The van der Waals surface area contributed by atoms with Crippen LogP contribution in [0.1, 0.15) is 13.3 Å². The highest BCUT2D eigenvalue weighted by molar-refractivity contribution is 14.0. The predicted octanol–water partition coefficient (Wildman–Crippen LogP) is 3.84. The average molecular weight is 466 g/mol. The summed E-state index contributed by atoms with van der Waals surface area (Å²) in [5.74, 6) is 0.967. The highest BCUT2D eigenvalue weighted by Crippen LogP contribution is 2.18. The van der Waals surface area contributed by atoms with Crippen molar-refractivity contribution in [1.29, 1.82) is 0 Å². The largest absolute Gasteiger partial charge is 0.489 e. The third-order valence-electron chi connectivity index (χ3n) is 2.63. The summed E-state index contributed by atoms with van der Waals surface area (Å²) >= 11 is 5.78. The Morgan fingerprint density at radius 3 is 2.39 bits per heavy atom. The number of nitrogens with one attached hydrogen (secondary N) is 2. The zero-order chi connectivity index (χ0) is 16.6. The minimum absolute atomic E-state index is 0. The molecule has 0 spiro atoms. The lowest BCUT2D eigenvalue weighted by molar-refractivity contribution is -0.132. The number of nitrogens with zero attached hydrogens (tertiary/aromatic N) is 1. The fraction of sp³-hybridized carbons (Fsp3) is 0.500. The minimum atomic E-state index is -4.18. The van der Waals surface area contributed by atoms with Crippen LogP contribution in [0.3, 0.4) is 0 Å². The molecule has 1 unspecified atom stereocenters. The molecule has 0 saturated carbocycles. The van der Waals surface area contributed by atoms with Crippen LogP contribution in [-0.2, 0) is 0 Å². The van der Waals surface area contributed by atoms with Crippen molar-refractivity contribution in [3.63, 3.8) is 0 Å². The van der Waals surface area contributed by atoms with Gasteiger partial charge in [0.1, 0.15) is 11.9 Å². The van der Waals surface area contributed by atoms with Crippen LogP contribution >= 0.6 is 35.6 Å². The number of guanidine groups is 1. The van der Waals surface area contributed by atoms with E-state index in [0.29, 0.717) is 23.3 Å². The number of rotatable bonds is 6. The van der Waals surface area contributed by atoms with E-state index in [1.54, 1.807) is 24.3 Å². The van der Waals surface area contributed by atoms with Crippen LogP contribution in [0.4, 0.5) is 13.2 Å². The lowest BCUT2D eigenvalue weighted by atomic mass is 10.3. The first-order valence-corrected chi connectivity index (χ1v) is 7.11. The highest BCUT2D eigenvalue weighted by Gasteiger charge is 2.26. The number of alkyl halides is 3. The zero-order valence-corrected chi connectivity index (χ0v) is 15.9. The van der Waals surface area contributed by atoms with Crippen molar-refractivity contribution in [2.45, 2.75) is 25.6 Å². The van der Waals surface area contributed by atoms with Gasteiger partial charge in [0.05, 0.1) is 13.0 Å². The van der Waals surface area contributed by atoms with E-state index in [-0.39, 0.29) is 36.6 Å². The molecular formula is C14H20ClF3IN3O. The van der Waals surface area contributed by atoms with Gasteiger partial charge in [-0.2, -0.15) is 13.2 Å². The summed E-state index contributed by atoms with van der Waals surface area (Å²) in [5.41, 5.74) is 0. The van der Waals surface area contributed by atoms with Crippen LogP contribution in [-0.4, -0.2) is 38.4 Å². The van der Waals surface area contributed by atoms with Crippen molar-refractivity contribution in [1.82, 2.24) is 10.6 Å². The lowest BCUT2D eigenvalue weighted by Crippen LogP contribution is -2.42. The van der Waals surface area contributed by atoms with E-state index < -0.39 is 12.6 Å². The molecule has 0 amide bonds. The molecule has 0 heterocycles. The zero-order valence-electron chi connectivity index (χ0n) is 12.8. The first-order valence-electron chi connectivity index (χ1n) is 6.73. The van der Waals surface area contributed by atoms with E-state index in [4.69, 9.17) is 16.3 Å². The smallest absolute Gasteiger partial charge is 0.390 e. The molecule has 4 nitrogen and oxygen atoms in total. The molecule has 132 valence electrons. The van der Waals surface area contributed by atoms with E-state index >= 15 is 0 Å². The van der Waals surface area contributed by atoms with E-state index in [0.717, 1.165) is 0 Å². The molecule has 9 heteroatoms. The Morgan fingerprint density at radius 2 is 1.87 bits per heavy atom.